The zero-order valence-corrected chi connectivity index (χ0v) is 13.4. The average Bonchev–Trinajstić information content (AvgIpc) is 2.41. The van der Waals surface area contributed by atoms with Crippen LogP contribution in [0.1, 0.15) is 13.8 Å². The molecule has 2 aromatic heterocycles. The Kier molecular flexibility index (Phi) is 7.51. The van der Waals surface area contributed by atoms with Crippen LogP contribution in [0, 0.1) is 0 Å². The highest BCUT2D eigenvalue weighted by Gasteiger charge is 2.02. The number of hydrogen-bond acceptors (Lipinski definition) is 5. The number of hydrogen-bond donors (Lipinski definition) is 0. The van der Waals surface area contributed by atoms with Crippen LogP contribution in [0.3, 0.4) is 0 Å². The lowest BCUT2D eigenvalue weighted by Gasteiger charge is -2.18. The molecule has 8 heteroatoms. The first kappa shape index (κ1) is 16.9. The van der Waals surface area contributed by atoms with Gasteiger partial charge in [0, 0.05) is 13.1 Å². The van der Waals surface area contributed by atoms with Crippen LogP contribution in [0.2, 0.25) is 15.5 Å². The smallest absolute Gasteiger partial charge is 0.149 e. The first-order valence-electron chi connectivity index (χ1n) is 5.92. The van der Waals surface area contributed by atoms with Gasteiger partial charge < -0.3 is 4.90 Å². The van der Waals surface area contributed by atoms with Crippen molar-refractivity contribution in [1.29, 1.82) is 0 Å². The van der Waals surface area contributed by atoms with Gasteiger partial charge in [-0.05, 0) is 13.8 Å². The Hall–Kier alpha value is -1.17. The molecule has 0 radical (unpaired) electrons. The van der Waals surface area contributed by atoms with Crippen molar-refractivity contribution >= 4 is 40.6 Å². The molecular weight excluding hydrogens is 321 g/mol. The number of nitrogens with zero attached hydrogens (tertiary/aromatic N) is 5. The summed E-state index contributed by atoms with van der Waals surface area (Å²) in [6.45, 7) is 6.00. The normalized spacial score (nSPS) is 9.65. The van der Waals surface area contributed by atoms with Gasteiger partial charge in [0.05, 0.1) is 24.8 Å². The van der Waals surface area contributed by atoms with Crippen LogP contribution in [0.4, 0.5) is 5.82 Å². The predicted molar refractivity (Wildman–Crippen MR) is 82.7 cm³/mol. The molecule has 108 valence electrons. The van der Waals surface area contributed by atoms with Gasteiger partial charge in [-0.2, -0.15) is 0 Å². The molecule has 0 fully saturated rings. The van der Waals surface area contributed by atoms with Crippen molar-refractivity contribution in [2.24, 2.45) is 0 Å². The molecule has 2 heterocycles. The third-order valence-electron chi connectivity index (χ3n) is 2.26. The van der Waals surface area contributed by atoms with Crippen LogP contribution in [0.25, 0.3) is 0 Å². The molecule has 2 aromatic rings. The maximum Gasteiger partial charge on any atom is 0.149 e. The molecule has 0 spiro atoms. The van der Waals surface area contributed by atoms with E-state index in [0.717, 1.165) is 18.9 Å². The molecule has 0 unspecified atom stereocenters. The minimum atomic E-state index is 0.317. The molecule has 0 aliphatic heterocycles. The van der Waals surface area contributed by atoms with Gasteiger partial charge in [-0.15, -0.1) is 0 Å². The van der Waals surface area contributed by atoms with E-state index in [9.17, 15) is 0 Å². The van der Waals surface area contributed by atoms with Crippen molar-refractivity contribution in [3.8, 4) is 0 Å². The van der Waals surface area contributed by atoms with E-state index in [0.29, 0.717) is 15.5 Å². The van der Waals surface area contributed by atoms with Gasteiger partial charge in [0.1, 0.15) is 21.3 Å². The molecule has 0 atom stereocenters. The topological polar surface area (TPSA) is 54.8 Å². The lowest BCUT2D eigenvalue weighted by molar-refractivity contribution is 0.840. The van der Waals surface area contributed by atoms with Crippen molar-refractivity contribution in [2.75, 3.05) is 18.0 Å². The molecule has 0 aromatic carbocycles. The van der Waals surface area contributed by atoms with E-state index < -0.39 is 0 Å². The summed E-state index contributed by atoms with van der Waals surface area (Å²) in [6.07, 6.45) is 6.11. The van der Waals surface area contributed by atoms with Gasteiger partial charge in [-0.25, -0.2) is 9.97 Å². The highest BCUT2D eigenvalue weighted by atomic mass is 35.5. The van der Waals surface area contributed by atoms with Crippen LogP contribution in [-0.4, -0.2) is 33.0 Å². The van der Waals surface area contributed by atoms with Crippen molar-refractivity contribution in [1.82, 2.24) is 19.9 Å². The fraction of sp³-hybridized carbons (Fsp3) is 0.333. The molecular formula is C12H14Cl3N5. The SMILES string of the molecule is CCN(CC)c1cncc(Cl)n1.Clc1cncc(Cl)n1. The summed E-state index contributed by atoms with van der Waals surface area (Å²) in [6, 6.07) is 0. The second kappa shape index (κ2) is 8.89. The zero-order chi connectivity index (χ0) is 15.0. The Morgan fingerprint density at radius 1 is 0.800 bits per heavy atom. The Balaban J connectivity index is 0.000000217. The van der Waals surface area contributed by atoms with Crippen molar-refractivity contribution in [3.05, 3.63) is 40.2 Å². The Bertz CT molecular complexity index is 517. The van der Waals surface area contributed by atoms with E-state index >= 15 is 0 Å². The number of anilines is 1. The Morgan fingerprint density at radius 2 is 1.25 bits per heavy atom. The molecule has 0 aliphatic rings. The molecule has 0 aliphatic carbocycles. The molecule has 0 saturated carbocycles. The van der Waals surface area contributed by atoms with E-state index in [1.165, 1.54) is 18.6 Å². The Morgan fingerprint density at radius 3 is 1.60 bits per heavy atom. The summed E-state index contributed by atoms with van der Waals surface area (Å²) in [4.78, 5) is 17.5. The summed E-state index contributed by atoms with van der Waals surface area (Å²) in [5.74, 6) is 0.840. The van der Waals surface area contributed by atoms with E-state index in [1.807, 2.05) is 0 Å². The highest BCUT2D eigenvalue weighted by Crippen LogP contribution is 2.11. The standard InChI is InChI=1S/C8H12ClN3.C4H2Cl2N2/c1-3-12(4-2)8-6-10-5-7(9)11-8;5-3-1-7-2-4(6)8-3/h5-6H,3-4H2,1-2H3;1-2H. The van der Waals surface area contributed by atoms with Crippen molar-refractivity contribution in [3.63, 3.8) is 0 Å². The molecule has 0 amide bonds. The largest absolute Gasteiger partial charge is 0.356 e. The minimum Gasteiger partial charge on any atom is -0.356 e. The van der Waals surface area contributed by atoms with Gasteiger partial charge in [0.15, 0.2) is 0 Å². The van der Waals surface area contributed by atoms with Crippen LogP contribution in [0.5, 0.6) is 0 Å². The van der Waals surface area contributed by atoms with Crippen LogP contribution < -0.4 is 4.90 Å². The van der Waals surface area contributed by atoms with E-state index in [2.05, 4.69) is 38.7 Å². The first-order valence-corrected chi connectivity index (χ1v) is 7.05. The van der Waals surface area contributed by atoms with E-state index in [-0.39, 0.29) is 0 Å². The highest BCUT2D eigenvalue weighted by molar-refractivity contribution is 6.32. The number of rotatable bonds is 3. The van der Waals surface area contributed by atoms with Crippen LogP contribution >= 0.6 is 34.8 Å². The molecule has 20 heavy (non-hydrogen) atoms. The fourth-order valence-electron chi connectivity index (χ4n) is 1.35. The van der Waals surface area contributed by atoms with Gasteiger partial charge >= 0.3 is 0 Å². The first-order chi connectivity index (χ1) is 9.56. The lowest BCUT2D eigenvalue weighted by Crippen LogP contribution is -2.23. The van der Waals surface area contributed by atoms with E-state index in [4.69, 9.17) is 34.8 Å². The Labute approximate surface area is 133 Å². The maximum absolute atomic E-state index is 5.70. The van der Waals surface area contributed by atoms with Crippen LogP contribution in [0.15, 0.2) is 24.8 Å². The summed E-state index contributed by atoms with van der Waals surface area (Å²) in [7, 11) is 0. The quantitative estimate of drug-likeness (QED) is 0.855. The van der Waals surface area contributed by atoms with Gasteiger partial charge in [0.25, 0.3) is 0 Å². The average molecular weight is 335 g/mol. The predicted octanol–water partition coefficient (Wildman–Crippen LogP) is 3.76. The second-order valence-electron chi connectivity index (χ2n) is 3.54. The molecule has 0 N–H and O–H groups in total. The third kappa shape index (κ3) is 5.86. The molecule has 5 nitrogen and oxygen atoms in total. The number of halogens is 3. The summed E-state index contributed by atoms with van der Waals surface area (Å²) in [5, 5.41) is 1.08. The summed E-state index contributed by atoms with van der Waals surface area (Å²) in [5.41, 5.74) is 0. The number of aromatic nitrogens is 4. The minimum absolute atomic E-state index is 0.317. The second-order valence-corrected chi connectivity index (χ2v) is 4.70. The maximum atomic E-state index is 5.70. The van der Waals surface area contributed by atoms with Gasteiger partial charge in [0.2, 0.25) is 0 Å². The fourth-order valence-corrected chi connectivity index (χ4v) is 1.83. The van der Waals surface area contributed by atoms with E-state index in [1.54, 1.807) is 6.20 Å². The molecule has 0 bridgehead atoms. The van der Waals surface area contributed by atoms with Crippen molar-refractivity contribution in [2.45, 2.75) is 13.8 Å². The molecule has 2 rings (SSSR count). The third-order valence-corrected chi connectivity index (χ3v) is 2.80. The van der Waals surface area contributed by atoms with Crippen LogP contribution in [-0.2, 0) is 0 Å². The molecule has 0 saturated heterocycles. The zero-order valence-electron chi connectivity index (χ0n) is 11.1. The summed E-state index contributed by atoms with van der Waals surface area (Å²) < 4.78 is 0. The lowest BCUT2D eigenvalue weighted by atomic mass is 10.5. The van der Waals surface area contributed by atoms with Crippen molar-refractivity contribution < 1.29 is 0 Å². The van der Waals surface area contributed by atoms with Gasteiger partial charge in [-0.3, -0.25) is 9.97 Å². The van der Waals surface area contributed by atoms with Gasteiger partial charge in [-0.1, -0.05) is 34.8 Å². The monoisotopic (exact) mass is 333 g/mol. The summed E-state index contributed by atoms with van der Waals surface area (Å²) >= 11 is 16.5.